The largest absolute Gasteiger partial charge is 0.366 e. The maximum absolute atomic E-state index is 6.94. The molecule has 2 heterocycles. The fourth-order valence-corrected chi connectivity index (χ4v) is 6.03. The lowest BCUT2D eigenvalue weighted by Crippen LogP contribution is -2.55. The minimum Gasteiger partial charge on any atom is -0.366 e. The van der Waals surface area contributed by atoms with Gasteiger partial charge in [0.05, 0.1) is 23.2 Å². The van der Waals surface area contributed by atoms with Crippen LogP contribution in [0, 0.1) is 5.92 Å². The van der Waals surface area contributed by atoms with E-state index in [1.165, 1.54) is 11.1 Å². The Labute approximate surface area is 227 Å². The molecule has 0 amide bonds. The van der Waals surface area contributed by atoms with Crippen LogP contribution >= 0.6 is 11.6 Å². The highest BCUT2D eigenvalue weighted by Crippen LogP contribution is 2.38. The number of fused-ring (bicyclic) bond motifs is 2. The fourth-order valence-electron chi connectivity index (χ4n) is 5.66. The summed E-state index contributed by atoms with van der Waals surface area (Å²) in [5.74, 6) is 0.422. The molecular formula is C32H41ClN4. The second kappa shape index (κ2) is 12.1. The van der Waals surface area contributed by atoms with Gasteiger partial charge in [-0.15, -0.1) is 0 Å². The first kappa shape index (κ1) is 27.2. The maximum Gasteiger partial charge on any atom is 0.0946 e. The molecule has 1 aliphatic carbocycles. The molecule has 2 aliphatic rings. The molecule has 0 spiro atoms. The van der Waals surface area contributed by atoms with Gasteiger partial charge in [-0.1, -0.05) is 81.1 Å². The van der Waals surface area contributed by atoms with Crippen molar-refractivity contribution in [3.05, 3.63) is 95.4 Å². The number of allylic oxidation sites excluding steroid dienone is 6. The lowest BCUT2D eigenvalue weighted by Gasteiger charge is -2.43. The van der Waals surface area contributed by atoms with Crippen molar-refractivity contribution in [1.29, 1.82) is 0 Å². The second-order valence-electron chi connectivity index (χ2n) is 10.2. The maximum atomic E-state index is 6.94. The predicted molar refractivity (Wildman–Crippen MR) is 159 cm³/mol. The van der Waals surface area contributed by atoms with E-state index in [1.807, 2.05) is 6.08 Å². The highest BCUT2D eigenvalue weighted by molar-refractivity contribution is 6.36. The molecule has 1 aliphatic heterocycles. The molecule has 1 aromatic carbocycles. The third-order valence-corrected chi connectivity index (χ3v) is 8.22. The lowest BCUT2D eigenvalue weighted by molar-refractivity contribution is 0.142. The summed E-state index contributed by atoms with van der Waals surface area (Å²) in [6.45, 7) is 19.3. The molecule has 1 fully saturated rings. The molecule has 4 rings (SSSR count). The van der Waals surface area contributed by atoms with Gasteiger partial charge in [0, 0.05) is 35.6 Å². The Hall–Kier alpha value is -2.82. The number of nitrogens with zero attached hydrogens (tertiary/aromatic N) is 3. The summed E-state index contributed by atoms with van der Waals surface area (Å²) in [6.07, 6.45) is 14.4. The molecule has 5 heteroatoms. The van der Waals surface area contributed by atoms with Crippen molar-refractivity contribution in [2.75, 3.05) is 19.6 Å². The van der Waals surface area contributed by atoms with Crippen LogP contribution in [0.25, 0.3) is 16.6 Å². The zero-order chi connectivity index (χ0) is 26.5. The van der Waals surface area contributed by atoms with Crippen molar-refractivity contribution in [1.82, 2.24) is 14.8 Å². The molecule has 0 radical (unpaired) electrons. The Balaban J connectivity index is 1.55. The van der Waals surface area contributed by atoms with Crippen LogP contribution in [0.4, 0.5) is 0 Å². The second-order valence-corrected chi connectivity index (χ2v) is 10.6. The van der Waals surface area contributed by atoms with Gasteiger partial charge in [0.1, 0.15) is 0 Å². The topological polar surface area (TPSA) is 45.4 Å². The van der Waals surface area contributed by atoms with Crippen LogP contribution in [-0.2, 0) is 12.8 Å². The summed E-state index contributed by atoms with van der Waals surface area (Å²) in [6, 6.07) is 6.35. The van der Waals surface area contributed by atoms with E-state index in [-0.39, 0.29) is 6.17 Å². The van der Waals surface area contributed by atoms with Crippen LogP contribution in [0.5, 0.6) is 0 Å². The van der Waals surface area contributed by atoms with Crippen LogP contribution < -0.4 is 5.73 Å². The first-order valence-electron chi connectivity index (χ1n) is 13.6. The summed E-state index contributed by atoms with van der Waals surface area (Å²) in [4.78, 5) is 9.67. The Morgan fingerprint density at radius 2 is 2.08 bits per heavy atom. The minimum atomic E-state index is -0.0816. The van der Waals surface area contributed by atoms with Crippen LogP contribution in [0.15, 0.2) is 73.5 Å². The third kappa shape index (κ3) is 5.86. The van der Waals surface area contributed by atoms with E-state index < -0.39 is 0 Å². The number of halogens is 1. The monoisotopic (exact) mass is 516 g/mol. The number of rotatable bonds is 9. The van der Waals surface area contributed by atoms with Gasteiger partial charge in [0.2, 0.25) is 0 Å². The van der Waals surface area contributed by atoms with E-state index in [0.717, 1.165) is 96.7 Å². The Morgan fingerprint density at radius 3 is 2.78 bits per heavy atom. The number of piperazine rings is 1. The van der Waals surface area contributed by atoms with Crippen LogP contribution in [0.2, 0.25) is 5.02 Å². The molecule has 1 saturated heterocycles. The number of nitrogens with two attached hydrogens (primary N) is 1. The summed E-state index contributed by atoms with van der Waals surface area (Å²) < 4.78 is 0. The number of unbranched alkanes of at least 4 members (excludes halogenated alkanes) is 1. The average Bonchev–Trinajstić information content (AvgIpc) is 2.90. The SMILES string of the molecule is C=C/C=C(\C=C/C)C1CCc2c(nc3cc(C(=C)N4CCN(C(=C)CCCC)C(N)C4)ccc3c2Cl)C1. The van der Waals surface area contributed by atoms with Gasteiger partial charge < -0.3 is 15.5 Å². The molecular weight excluding hydrogens is 476 g/mol. The van der Waals surface area contributed by atoms with Crippen molar-refractivity contribution in [2.45, 2.75) is 58.5 Å². The van der Waals surface area contributed by atoms with Crippen molar-refractivity contribution in [2.24, 2.45) is 11.7 Å². The number of aromatic nitrogens is 1. The van der Waals surface area contributed by atoms with Crippen molar-refractivity contribution >= 4 is 28.2 Å². The Bertz CT molecular complexity index is 1240. The molecule has 196 valence electrons. The summed E-state index contributed by atoms with van der Waals surface area (Å²) >= 11 is 6.94. The van der Waals surface area contributed by atoms with E-state index >= 15 is 0 Å². The molecule has 2 atom stereocenters. The van der Waals surface area contributed by atoms with Gasteiger partial charge in [-0.2, -0.15) is 0 Å². The van der Waals surface area contributed by atoms with Crippen molar-refractivity contribution < 1.29 is 0 Å². The highest BCUT2D eigenvalue weighted by Gasteiger charge is 2.27. The summed E-state index contributed by atoms with van der Waals surface area (Å²) in [7, 11) is 0. The van der Waals surface area contributed by atoms with E-state index in [4.69, 9.17) is 22.3 Å². The lowest BCUT2D eigenvalue weighted by atomic mass is 9.81. The molecule has 0 bridgehead atoms. The quantitative estimate of drug-likeness (QED) is 0.356. The molecule has 2 aromatic rings. The molecule has 2 unspecified atom stereocenters. The van der Waals surface area contributed by atoms with Gasteiger partial charge in [0.15, 0.2) is 0 Å². The van der Waals surface area contributed by atoms with Crippen LogP contribution in [0.1, 0.15) is 56.4 Å². The Morgan fingerprint density at radius 1 is 1.27 bits per heavy atom. The van der Waals surface area contributed by atoms with E-state index in [1.54, 1.807) is 0 Å². The molecule has 37 heavy (non-hydrogen) atoms. The third-order valence-electron chi connectivity index (χ3n) is 7.78. The minimum absolute atomic E-state index is 0.0816. The Kier molecular flexibility index (Phi) is 8.94. The standard InChI is InChI=1S/C32H41ClN4/c1-6-9-12-22(4)37-18-17-36(21-31(37)34)23(5)25-13-15-27-29(19-25)35-30-20-26(14-16-28(30)32(27)33)24(10-7-2)11-8-3/h7-8,10-11,13,15,19,26,31H,2,4-6,9,12,14,16-18,20-21,34H2,1,3H3/b11-8-,24-10+. The zero-order valence-electron chi connectivity index (χ0n) is 22.5. The molecule has 0 saturated carbocycles. The smallest absolute Gasteiger partial charge is 0.0946 e. The first-order valence-corrected chi connectivity index (χ1v) is 14.0. The first-order chi connectivity index (χ1) is 17.9. The van der Waals surface area contributed by atoms with Gasteiger partial charge in [-0.3, -0.25) is 4.98 Å². The normalized spacial score (nSPS) is 20.4. The molecule has 4 nitrogen and oxygen atoms in total. The highest BCUT2D eigenvalue weighted by atomic mass is 35.5. The molecule has 1 aromatic heterocycles. The van der Waals surface area contributed by atoms with E-state index in [9.17, 15) is 0 Å². The number of pyridine rings is 1. The summed E-state index contributed by atoms with van der Waals surface area (Å²) in [5.41, 5.74) is 14.3. The zero-order valence-corrected chi connectivity index (χ0v) is 23.2. The summed E-state index contributed by atoms with van der Waals surface area (Å²) in [5, 5.41) is 1.86. The van der Waals surface area contributed by atoms with E-state index in [2.05, 4.69) is 79.8 Å². The van der Waals surface area contributed by atoms with Crippen molar-refractivity contribution in [3.8, 4) is 0 Å². The number of hydrogen-bond donors (Lipinski definition) is 1. The van der Waals surface area contributed by atoms with Gasteiger partial charge in [-0.05, 0) is 67.7 Å². The van der Waals surface area contributed by atoms with Gasteiger partial charge in [-0.25, -0.2) is 0 Å². The van der Waals surface area contributed by atoms with Crippen LogP contribution in [0.3, 0.4) is 0 Å². The van der Waals surface area contributed by atoms with Gasteiger partial charge >= 0.3 is 0 Å². The number of benzene rings is 1. The van der Waals surface area contributed by atoms with Crippen molar-refractivity contribution in [3.63, 3.8) is 0 Å². The fraction of sp³-hybridized carbons (Fsp3) is 0.406. The molecule has 2 N–H and O–H groups in total. The van der Waals surface area contributed by atoms with Gasteiger partial charge in [0.25, 0.3) is 0 Å². The van der Waals surface area contributed by atoms with E-state index in [0.29, 0.717) is 5.92 Å². The predicted octanol–water partition coefficient (Wildman–Crippen LogP) is 7.26. The number of hydrogen-bond acceptors (Lipinski definition) is 4. The van der Waals surface area contributed by atoms with Crippen LogP contribution in [-0.4, -0.2) is 40.6 Å². The average molecular weight is 517 g/mol.